The first-order chi connectivity index (χ1) is 7.29. The lowest BCUT2D eigenvalue weighted by Gasteiger charge is -2.34. The van der Waals surface area contributed by atoms with Crippen molar-refractivity contribution in [3.8, 4) is 0 Å². The molecule has 88 valence electrons. The highest BCUT2D eigenvalue weighted by Gasteiger charge is 2.47. The molecule has 0 radical (unpaired) electrons. The van der Waals surface area contributed by atoms with Gasteiger partial charge in [0.05, 0.1) is 5.92 Å². The highest BCUT2D eigenvalue weighted by atomic mass is 16.4. The number of nitrogens with zero attached hydrogens (tertiary/aromatic N) is 2. The van der Waals surface area contributed by atoms with Crippen LogP contribution >= 0.6 is 0 Å². The van der Waals surface area contributed by atoms with E-state index < -0.39 is 35.7 Å². The summed E-state index contributed by atoms with van der Waals surface area (Å²) in [5, 5.41) is 8.78. The molecule has 0 bridgehead atoms. The normalized spacial score (nSPS) is 20.3. The maximum Gasteiger partial charge on any atom is 0.332 e. The van der Waals surface area contributed by atoms with Gasteiger partial charge in [-0.15, -0.1) is 0 Å². The monoisotopic (exact) mass is 228 g/mol. The maximum atomic E-state index is 11.6. The van der Waals surface area contributed by atoms with E-state index in [1.807, 2.05) is 0 Å². The van der Waals surface area contributed by atoms with Crippen molar-refractivity contribution >= 4 is 23.8 Å². The Balaban J connectivity index is 3.09. The van der Waals surface area contributed by atoms with E-state index in [2.05, 4.69) is 0 Å². The Bertz CT molecular complexity index is 354. The third-order valence-corrected chi connectivity index (χ3v) is 2.66. The van der Waals surface area contributed by atoms with Crippen molar-refractivity contribution in [2.45, 2.75) is 6.92 Å². The van der Waals surface area contributed by atoms with Gasteiger partial charge in [-0.1, -0.05) is 6.92 Å². The van der Waals surface area contributed by atoms with Crippen LogP contribution in [-0.2, 0) is 14.4 Å². The lowest BCUT2D eigenvalue weighted by atomic mass is 9.90. The van der Waals surface area contributed by atoms with Crippen LogP contribution in [0.2, 0.25) is 0 Å². The molecule has 0 aromatic heterocycles. The molecule has 1 fully saturated rings. The zero-order chi connectivity index (χ0) is 12.6. The molecule has 7 heteroatoms. The zero-order valence-electron chi connectivity index (χ0n) is 9.13. The van der Waals surface area contributed by atoms with E-state index in [1.54, 1.807) is 0 Å². The Morgan fingerprint density at radius 3 is 1.88 bits per heavy atom. The van der Waals surface area contributed by atoms with Gasteiger partial charge in [-0.2, -0.15) is 0 Å². The Morgan fingerprint density at radius 1 is 1.19 bits per heavy atom. The second-order valence-electron chi connectivity index (χ2n) is 3.68. The van der Waals surface area contributed by atoms with Crippen LogP contribution in [0.15, 0.2) is 0 Å². The summed E-state index contributed by atoms with van der Waals surface area (Å²) in [7, 11) is 2.43. The van der Waals surface area contributed by atoms with Crippen LogP contribution in [0.3, 0.4) is 0 Å². The number of carboxylic acid groups (broad SMARTS) is 1. The average molecular weight is 228 g/mol. The van der Waals surface area contributed by atoms with Gasteiger partial charge in [0.15, 0.2) is 0 Å². The van der Waals surface area contributed by atoms with Crippen LogP contribution in [0, 0.1) is 11.8 Å². The molecule has 1 heterocycles. The summed E-state index contributed by atoms with van der Waals surface area (Å²) in [6.07, 6.45) is 0. The fourth-order valence-electron chi connectivity index (χ4n) is 1.51. The van der Waals surface area contributed by atoms with Crippen molar-refractivity contribution in [3.63, 3.8) is 0 Å². The number of carbonyl (C=O) groups is 4. The van der Waals surface area contributed by atoms with Crippen LogP contribution in [-0.4, -0.2) is 52.8 Å². The first-order valence-electron chi connectivity index (χ1n) is 4.61. The molecule has 1 aliphatic rings. The Kier molecular flexibility index (Phi) is 2.97. The highest BCUT2D eigenvalue weighted by molar-refractivity contribution is 6.17. The van der Waals surface area contributed by atoms with E-state index in [0.717, 1.165) is 9.80 Å². The van der Waals surface area contributed by atoms with Crippen LogP contribution in [0.4, 0.5) is 4.79 Å². The van der Waals surface area contributed by atoms with E-state index in [0.29, 0.717) is 0 Å². The molecule has 1 saturated heterocycles. The van der Waals surface area contributed by atoms with Crippen molar-refractivity contribution in [1.29, 1.82) is 0 Å². The van der Waals surface area contributed by atoms with Gasteiger partial charge in [0, 0.05) is 14.1 Å². The fourth-order valence-corrected chi connectivity index (χ4v) is 1.51. The number of hydrogen-bond donors (Lipinski definition) is 1. The van der Waals surface area contributed by atoms with Crippen molar-refractivity contribution in [1.82, 2.24) is 9.80 Å². The van der Waals surface area contributed by atoms with Gasteiger partial charge in [-0.25, -0.2) is 4.79 Å². The van der Waals surface area contributed by atoms with Crippen molar-refractivity contribution in [3.05, 3.63) is 0 Å². The molecule has 1 rings (SSSR count). The Labute approximate surface area is 91.6 Å². The van der Waals surface area contributed by atoms with Crippen LogP contribution in [0.5, 0.6) is 0 Å². The maximum absolute atomic E-state index is 11.6. The lowest BCUT2D eigenvalue weighted by molar-refractivity contribution is -0.158. The number of carbonyl (C=O) groups excluding carboxylic acids is 3. The Hall–Kier alpha value is -1.92. The summed E-state index contributed by atoms with van der Waals surface area (Å²) in [6, 6.07) is -0.746. The minimum absolute atomic E-state index is 0.746. The third-order valence-electron chi connectivity index (χ3n) is 2.66. The molecule has 0 aromatic rings. The molecular weight excluding hydrogens is 216 g/mol. The van der Waals surface area contributed by atoms with E-state index >= 15 is 0 Å². The zero-order valence-corrected chi connectivity index (χ0v) is 9.13. The first-order valence-corrected chi connectivity index (χ1v) is 4.61. The molecule has 0 spiro atoms. The van der Waals surface area contributed by atoms with Gasteiger partial charge < -0.3 is 5.11 Å². The largest absolute Gasteiger partial charge is 0.481 e. The van der Waals surface area contributed by atoms with Crippen molar-refractivity contribution in [2.75, 3.05) is 14.1 Å². The molecule has 0 aliphatic carbocycles. The second kappa shape index (κ2) is 3.92. The highest BCUT2D eigenvalue weighted by Crippen LogP contribution is 2.22. The van der Waals surface area contributed by atoms with E-state index in [4.69, 9.17) is 5.11 Å². The standard InChI is InChI=1S/C9H12N2O5/c1-4(8(14)15)5-6(12)10(2)9(16)11(3)7(5)13/h4-5H,1-3H3,(H,14,15). The summed E-state index contributed by atoms with van der Waals surface area (Å²) in [4.78, 5) is 46.9. The summed E-state index contributed by atoms with van der Waals surface area (Å²) in [5.74, 6) is -5.28. The van der Waals surface area contributed by atoms with Crippen molar-refractivity contribution in [2.24, 2.45) is 11.8 Å². The number of aliphatic carboxylic acids is 1. The number of rotatable bonds is 2. The van der Waals surface area contributed by atoms with Gasteiger partial charge in [-0.3, -0.25) is 24.2 Å². The summed E-state index contributed by atoms with van der Waals surface area (Å²) in [5.41, 5.74) is 0. The average Bonchev–Trinajstić information content (AvgIpc) is 2.23. The second-order valence-corrected chi connectivity index (χ2v) is 3.68. The number of carboxylic acids is 1. The minimum Gasteiger partial charge on any atom is -0.481 e. The number of hydrogen-bond acceptors (Lipinski definition) is 4. The van der Waals surface area contributed by atoms with Gasteiger partial charge >= 0.3 is 12.0 Å². The molecule has 4 amide bonds. The molecular formula is C9H12N2O5. The topological polar surface area (TPSA) is 95.0 Å². The molecule has 1 N–H and O–H groups in total. The quantitative estimate of drug-likeness (QED) is 0.635. The van der Waals surface area contributed by atoms with E-state index in [9.17, 15) is 19.2 Å². The van der Waals surface area contributed by atoms with Gasteiger partial charge in [-0.05, 0) is 0 Å². The third kappa shape index (κ3) is 1.64. The number of urea groups is 1. The Morgan fingerprint density at radius 2 is 1.56 bits per heavy atom. The SMILES string of the molecule is CC(C(=O)O)C1C(=O)N(C)C(=O)N(C)C1=O. The summed E-state index contributed by atoms with van der Waals surface area (Å²) >= 11 is 0. The van der Waals surface area contributed by atoms with Gasteiger partial charge in [0.2, 0.25) is 11.8 Å². The fraction of sp³-hybridized carbons (Fsp3) is 0.556. The molecule has 16 heavy (non-hydrogen) atoms. The van der Waals surface area contributed by atoms with Crippen molar-refractivity contribution < 1.29 is 24.3 Å². The van der Waals surface area contributed by atoms with E-state index in [-0.39, 0.29) is 0 Å². The summed E-state index contributed by atoms with van der Waals surface area (Å²) in [6.45, 7) is 1.26. The molecule has 1 atom stereocenters. The summed E-state index contributed by atoms with van der Waals surface area (Å²) < 4.78 is 0. The number of amides is 4. The lowest BCUT2D eigenvalue weighted by Crippen LogP contribution is -2.59. The number of barbiturate groups is 1. The predicted molar refractivity (Wildman–Crippen MR) is 51.2 cm³/mol. The van der Waals surface area contributed by atoms with Crippen LogP contribution in [0.1, 0.15) is 6.92 Å². The van der Waals surface area contributed by atoms with Gasteiger partial charge in [0.25, 0.3) is 0 Å². The smallest absolute Gasteiger partial charge is 0.332 e. The first kappa shape index (κ1) is 12.2. The van der Waals surface area contributed by atoms with Gasteiger partial charge in [0.1, 0.15) is 5.92 Å². The molecule has 1 unspecified atom stereocenters. The van der Waals surface area contributed by atoms with E-state index in [1.165, 1.54) is 21.0 Å². The minimum atomic E-state index is -1.33. The van der Waals surface area contributed by atoms with Crippen LogP contribution < -0.4 is 0 Å². The van der Waals surface area contributed by atoms with Crippen LogP contribution in [0.25, 0.3) is 0 Å². The predicted octanol–water partition coefficient (Wildman–Crippen LogP) is -0.626. The molecule has 1 aliphatic heterocycles. The number of imide groups is 2. The molecule has 0 aromatic carbocycles. The molecule has 7 nitrogen and oxygen atoms in total. The molecule has 0 saturated carbocycles.